The topological polar surface area (TPSA) is 86.3 Å². The molecule has 29 heavy (non-hydrogen) atoms. The molecule has 1 aromatic rings. The molecule has 6 heteroatoms. The van der Waals surface area contributed by atoms with Gasteiger partial charge in [0.2, 0.25) is 0 Å². The number of carbonyl (C=O) groups is 1. The predicted molar refractivity (Wildman–Crippen MR) is 108 cm³/mol. The highest BCUT2D eigenvalue weighted by Gasteiger charge is 2.32. The molecule has 1 aliphatic carbocycles. The van der Waals surface area contributed by atoms with Gasteiger partial charge in [-0.05, 0) is 42.6 Å². The van der Waals surface area contributed by atoms with Crippen molar-refractivity contribution in [2.24, 2.45) is 0 Å². The minimum atomic E-state index is -0.618. The summed E-state index contributed by atoms with van der Waals surface area (Å²) in [5.74, 6) is -0.618. The van der Waals surface area contributed by atoms with Gasteiger partial charge < -0.3 is 14.4 Å². The van der Waals surface area contributed by atoms with Crippen LogP contribution >= 0.6 is 0 Å². The first-order valence-electron chi connectivity index (χ1n) is 9.73. The van der Waals surface area contributed by atoms with Crippen molar-refractivity contribution in [2.75, 3.05) is 32.9 Å². The molecule has 6 nitrogen and oxygen atoms in total. The van der Waals surface area contributed by atoms with Crippen LogP contribution in [0.25, 0.3) is 6.08 Å². The minimum Gasteiger partial charge on any atom is -0.462 e. The molecule has 1 saturated heterocycles. The SMILES string of the molecule is CCOC(=O)C(=C(C#N)C#N)C1=C(N2CCOCC2)C(=Cc2ccccc2)CC1. The fourth-order valence-corrected chi connectivity index (χ4v) is 3.72. The van der Waals surface area contributed by atoms with E-state index in [1.807, 2.05) is 42.5 Å². The number of carbonyl (C=O) groups excluding carboxylic acids is 1. The zero-order valence-electron chi connectivity index (χ0n) is 16.5. The summed E-state index contributed by atoms with van der Waals surface area (Å²) in [6.45, 7) is 4.46. The Kier molecular flexibility index (Phi) is 6.84. The Morgan fingerprint density at radius 3 is 2.48 bits per heavy atom. The van der Waals surface area contributed by atoms with Crippen LogP contribution in [-0.2, 0) is 14.3 Å². The van der Waals surface area contributed by atoms with Crippen LogP contribution in [0.3, 0.4) is 0 Å². The first-order chi connectivity index (χ1) is 14.2. The van der Waals surface area contributed by atoms with Crippen molar-refractivity contribution < 1.29 is 14.3 Å². The Hall–Kier alpha value is -3.35. The largest absolute Gasteiger partial charge is 0.462 e. The molecule has 1 heterocycles. The molecule has 0 aromatic heterocycles. The van der Waals surface area contributed by atoms with Crippen molar-refractivity contribution in [3.8, 4) is 12.1 Å². The molecule has 0 amide bonds. The standard InChI is InChI=1S/C23H23N3O3/c1-2-29-23(27)21(19(15-24)16-25)20-9-8-18(14-17-6-4-3-5-7-17)22(20)26-10-12-28-13-11-26/h3-7,14H,2,8-13H2,1H3. The van der Waals surface area contributed by atoms with Gasteiger partial charge in [-0.25, -0.2) is 4.79 Å². The lowest BCUT2D eigenvalue weighted by Gasteiger charge is -2.32. The first-order valence-corrected chi connectivity index (χ1v) is 9.73. The zero-order chi connectivity index (χ0) is 20.6. The van der Waals surface area contributed by atoms with Crippen LogP contribution in [0.1, 0.15) is 25.3 Å². The third-order valence-electron chi connectivity index (χ3n) is 4.96. The number of nitrogens with zero attached hydrogens (tertiary/aromatic N) is 3. The molecule has 1 aliphatic heterocycles. The van der Waals surface area contributed by atoms with Crippen LogP contribution in [0.15, 0.2) is 58.3 Å². The van der Waals surface area contributed by atoms with Gasteiger partial charge in [0.25, 0.3) is 0 Å². The van der Waals surface area contributed by atoms with Crippen LogP contribution < -0.4 is 0 Å². The summed E-state index contributed by atoms with van der Waals surface area (Å²) in [7, 11) is 0. The van der Waals surface area contributed by atoms with Gasteiger partial charge in [0.15, 0.2) is 0 Å². The maximum Gasteiger partial charge on any atom is 0.340 e. The van der Waals surface area contributed by atoms with Crippen molar-refractivity contribution in [1.29, 1.82) is 10.5 Å². The highest BCUT2D eigenvalue weighted by molar-refractivity contribution is 5.97. The number of morpholine rings is 1. The van der Waals surface area contributed by atoms with Crippen LogP contribution in [0.4, 0.5) is 0 Å². The van der Waals surface area contributed by atoms with Crippen LogP contribution in [0.2, 0.25) is 0 Å². The predicted octanol–water partition coefficient (Wildman–Crippen LogP) is 3.36. The van der Waals surface area contributed by atoms with E-state index in [0.29, 0.717) is 38.3 Å². The van der Waals surface area contributed by atoms with E-state index in [0.717, 1.165) is 23.3 Å². The highest BCUT2D eigenvalue weighted by atomic mass is 16.5. The van der Waals surface area contributed by atoms with Crippen LogP contribution in [0, 0.1) is 22.7 Å². The van der Waals surface area contributed by atoms with Gasteiger partial charge in [0.05, 0.1) is 25.4 Å². The Morgan fingerprint density at radius 2 is 1.86 bits per heavy atom. The highest BCUT2D eigenvalue weighted by Crippen LogP contribution is 2.40. The summed E-state index contributed by atoms with van der Waals surface area (Å²) >= 11 is 0. The van der Waals surface area contributed by atoms with Crippen molar-refractivity contribution in [1.82, 2.24) is 4.90 Å². The fraction of sp³-hybridized carbons (Fsp3) is 0.348. The average Bonchev–Trinajstić information content (AvgIpc) is 3.16. The summed E-state index contributed by atoms with van der Waals surface area (Å²) in [5.41, 5.74) is 3.68. The van der Waals surface area contributed by atoms with Crippen molar-refractivity contribution in [2.45, 2.75) is 19.8 Å². The lowest BCUT2D eigenvalue weighted by Crippen LogP contribution is -2.36. The summed E-state index contributed by atoms with van der Waals surface area (Å²) in [6.07, 6.45) is 3.41. The summed E-state index contributed by atoms with van der Waals surface area (Å²) in [4.78, 5) is 14.9. The quantitative estimate of drug-likeness (QED) is 0.436. The van der Waals surface area contributed by atoms with Gasteiger partial charge in [-0.3, -0.25) is 0 Å². The molecule has 0 bridgehead atoms. The van der Waals surface area contributed by atoms with E-state index in [1.165, 1.54) is 0 Å². The Balaban J connectivity index is 2.17. The van der Waals surface area contributed by atoms with E-state index in [1.54, 1.807) is 6.92 Å². The monoisotopic (exact) mass is 389 g/mol. The Labute approximate surface area is 170 Å². The molecule has 0 radical (unpaired) electrons. The maximum absolute atomic E-state index is 12.7. The lowest BCUT2D eigenvalue weighted by molar-refractivity contribution is -0.138. The number of hydrogen-bond donors (Lipinski definition) is 0. The van der Waals surface area contributed by atoms with Gasteiger partial charge in [-0.2, -0.15) is 10.5 Å². The molecule has 148 valence electrons. The number of benzene rings is 1. The van der Waals surface area contributed by atoms with E-state index in [9.17, 15) is 15.3 Å². The summed E-state index contributed by atoms with van der Waals surface area (Å²) in [6, 6.07) is 13.7. The minimum absolute atomic E-state index is 0.0924. The maximum atomic E-state index is 12.7. The van der Waals surface area contributed by atoms with E-state index in [2.05, 4.69) is 11.0 Å². The lowest BCUT2D eigenvalue weighted by atomic mass is 9.98. The fourth-order valence-electron chi connectivity index (χ4n) is 3.72. The first kappa shape index (κ1) is 20.4. The molecule has 0 saturated carbocycles. The number of hydrogen-bond acceptors (Lipinski definition) is 6. The average molecular weight is 389 g/mol. The summed E-state index contributed by atoms with van der Waals surface area (Å²) in [5, 5.41) is 18.9. The number of allylic oxidation sites excluding steroid dienone is 2. The second-order valence-electron chi connectivity index (χ2n) is 6.70. The second-order valence-corrected chi connectivity index (χ2v) is 6.70. The third-order valence-corrected chi connectivity index (χ3v) is 4.96. The van der Waals surface area contributed by atoms with Crippen LogP contribution in [0.5, 0.6) is 0 Å². The van der Waals surface area contributed by atoms with E-state index < -0.39 is 5.97 Å². The molecule has 0 unspecified atom stereocenters. The van der Waals surface area contributed by atoms with Gasteiger partial charge in [-0.1, -0.05) is 30.3 Å². The number of esters is 1. The van der Waals surface area contributed by atoms with Gasteiger partial charge in [0, 0.05) is 18.8 Å². The molecule has 3 rings (SSSR count). The summed E-state index contributed by atoms with van der Waals surface area (Å²) < 4.78 is 10.7. The number of nitriles is 2. The molecule has 0 atom stereocenters. The second kappa shape index (κ2) is 9.73. The van der Waals surface area contributed by atoms with E-state index in [-0.39, 0.29) is 17.8 Å². The van der Waals surface area contributed by atoms with Crippen molar-refractivity contribution in [3.63, 3.8) is 0 Å². The molecule has 0 spiro atoms. The van der Waals surface area contributed by atoms with Crippen molar-refractivity contribution >= 4 is 12.0 Å². The van der Waals surface area contributed by atoms with E-state index in [4.69, 9.17) is 9.47 Å². The normalized spacial score (nSPS) is 17.6. The molecule has 1 aromatic carbocycles. The molecule has 2 aliphatic rings. The molecular formula is C23H23N3O3. The third kappa shape index (κ3) is 4.56. The van der Waals surface area contributed by atoms with E-state index >= 15 is 0 Å². The Bertz CT molecular complexity index is 924. The van der Waals surface area contributed by atoms with Gasteiger partial charge in [-0.15, -0.1) is 0 Å². The molecule has 1 fully saturated rings. The zero-order valence-corrected chi connectivity index (χ0v) is 16.5. The van der Waals surface area contributed by atoms with Gasteiger partial charge >= 0.3 is 5.97 Å². The number of rotatable bonds is 5. The number of ether oxygens (including phenoxy) is 2. The molecular weight excluding hydrogens is 366 g/mol. The Morgan fingerprint density at radius 1 is 1.17 bits per heavy atom. The van der Waals surface area contributed by atoms with Crippen molar-refractivity contribution in [3.05, 3.63) is 63.9 Å². The smallest absolute Gasteiger partial charge is 0.340 e. The van der Waals surface area contributed by atoms with Gasteiger partial charge in [0.1, 0.15) is 17.7 Å². The van der Waals surface area contributed by atoms with Crippen LogP contribution in [-0.4, -0.2) is 43.8 Å². The molecule has 0 N–H and O–H groups in total.